The van der Waals surface area contributed by atoms with Crippen LogP contribution in [0, 0.1) is 0 Å². The normalized spacial score (nSPS) is 19.7. The van der Waals surface area contributed by atoms with Crippen molar-refractivity contribution in [3.05, 3.63) is 48.0 Å². The first-order valence-electron chi connectivity index (χ1n) is 8.99. The molecule has 0 aliphatic heterocycles. The summed E-state index contributed by atoms with van der Waals surface area (Å²) in [6.07, 6.45) is 3.25. The summed E-state index contributed by atoms with van der Waals surface area (Å²) in [6, 6.07) is 12.5. The van der Waals surface area contributed by atoms with Crippen LogP contribution in [-0.2, 0) is 0 Å². The van der Waals surface area contributed by atoms with E-state index in [0.717, 1.165) is 31.5 Å². The predicted octanol–water partition coefficient (Wildman–Crippen LogP) is 2.89. The summed E-state index contributed by atoms with van der Waals surface area (Å²) in [7, 11) is 0. The highest BCUT2D eigenvalue weighted by atomic mass is 16.4. The Morgan fingerprint density at radius 2 is 1.89 bits per heavy atom. The smallest absolute Gasteiger partial charge is 0.335 e. The monoisotopic (exact) mass is 367 g/mol. The first-order valence-corrected chi connectivity index (χ1v) is 8.99. The Morgan fingerprint density at radius 3 is 2.67 bits per heavy atom. The van der Waals surface area contributed by atoms with Crippen molar-refractivity contribution in [2.45, 2.75) is 37.8 Å². The molecule has 4 rings (SSSR count). The third-order valence-electron chi connectivity index (χ3n) is 4.77. The maximum Gasteiger partial charge on any atom is 0.335 e. The molecule has 4 N–H and O–H groups in total. The number of hydrogen-bond acceptors (Lipinski definition) is 6. The minimum absolute atomic E-state index is 0.192. The van der Waals surface area contributed by atoms with Crippen molar-refractivity contribution in [3.63, 3.8) is 0 Å². The van der Waals surface area contributed by atoms with Gasteiger partial charge in [-0.1, -0.05) is 12.1 Å². The van der Waals surface area contributed by atoms with Gasteiger partial charge >= 0.3 is 5.97 Å². The first kappa shape index (κ1) is 17.3. The average Bonchev–Trinajstić information content (AvgIpc) is 3.07. The molecule has 2 aromatic heterocycles. The number of carbonyl (C=O) groups is 1. The van der Waals surface area contributed by atoms with Crippen LogP contribution in [-0.4, -0.2) is 42.9 Å². The SMILES string of the molecule is O=C(O)c1cccc(Nc2nc3cccc(NC4CCC(O)CC4)n3n2)c1. The van der Waals surface area contributed by atoms with Gasteiger partial charge in [0.05, 0.1) is 11.7 Å². The summed E-state index contributed by atoms with van der Waals surface area (Å²) in [6.45, 7) is 0. The number of hydrogen-bond donors (Lipinski definition) is 4. The fourth-order valence-electron chi connectivity index (χ4n) is 3.36. The van der Waals surface area contributed by atoms with E-state index in [-0.39, 0.29) is 11.7 Å². The number of nitrogens with zero attached hydrogens (tertiary/aromatic N) is 3. The van der Waals surface area contributed by atoms with E-state index in [9.17, 15) is 9.90 Å². The molecular formula is C19H21N5O3. The van der Waals surface area contributed by atoms with Crippen LogP contribution in [0.25, 0.3) is 5.65 Å². The number of rotatable bonds is 5. The number of benzene rings is 1. The second-order valence-electron chi connectivity index (χ2n) is 6.78. The molecule has 0 amide bonds. The van der Waals surface area contributed by atoms with Crippen LogP contribution in [0.4, 0.5) is 17.5 Å². The Kier molecular flexibility index (Phi) is 4.64. The summed E-state index contributed by atoms with van der Waals surface area (Å²) in [5.74, 6) is 0.255. The molecule has 1 saturated carbocycles. The molecule has 1 aliphatic rings. The van der Waals surface area contributed by atoms with E-state index in [4.69, 9.17) is 5.11 Å². The van der Waals surface area contributed by atoms with Crippen molar-refractivity contribution in [3.8, 4) is 0 Å². The molecule has 0 radical (unpaired) electrons. The van der Waals surface area contributed by atoms with Gasteiger partial charge in [-0.25, -0.2) is 4.79 Å². The topological polar surface area (TPSA) is 112 Å². The second kappa shape index (κ2) is 7.24. The Balaban J connectivity index is 1.55. The Labute approximate surface area is 155 Å². The molecular weight excluding hydrogens is 346 g/mol. The van der Waals surface area contributed by atoms with E-state index in [0.29, 0.717) is 23.3 Å². The van der Waals surface area contributed by atoms with Crippen LogP contribution < -0.4 is 10.6 Å². The minimum atomic E-state index is -0.981. The third kappa shape index (κ3) is 3.85. The number of anilines is 3. The Bertz CT molecular complexity index is 963. The largest absolute Gasteiger partial charge is 0.478 e. The van der Waals surface area contributed by atoms with Crippen LogP contribution >= 0.6 is 0 Å². The number of carboxylic acids is 1. The number of aromatic nitrogens is 3. The molecule has 1 aromatic carbocycles. The van der Waals surface area contributed by atoms with E-state index < -0.39 is 5.97 Å². The van der Waals surface area contributed by atoms with Crippen LogP contribution in [0.15, 0.2) is 42.5 Å². The van der Waals surface area contributed by atoms with Crippen molar-refractivity contribution in [2.75, 3.05) is 10.6 Å². The van der Waals surface area contributed by atoms with Gasteiger partial charge in [0.2, 0.25) is 5.95 Å². The van der Waals surface area contributed by atoms with Gasteiger partial charge in [-0.2, -0.15) is 9.50 Å². The van der Waals surface area contributed by atoms with Gasteiger partial charge in [0.1, 0.15) is 5.82 Å². The fourth-order valence-corrected chi connectivity index (χ4v) is 3.36. The second-order valence-corrected chi connectivity index (χ2v) is 6.78. The summed E-state index contributed by atoms with van der Waals surface area (Å²) in [5.41, 5.74) is 1.50. The lowest BCUT2D eigenvalue weighted by molar-refractivity contribution is 0.0697. The lowest BCUT2D eigenvalue weighted by Crippen LogP contribution is -2.29. The number of aliphatic hydroxyl groups is 1. The predicted molar refractivity (Wildman–Crippen MR) is 102 cm³/mol. The van der Waals surface area contributed by atoms with Crippen molar-refractivity contribution in [2.24, 2.45) is 0 Å². The van der Waals surface area contributed by atoms with E-state index in [1.54, 1.807) is 22.7 Å². The third-order valence-corrected chi connectivity index (χ3v) is 4.77. The number of carboxylic acid groups (broad SMARTS) is 1. The number of nitrogens with one attached hydrogen (secondary N) is 2. The van der Waals surface area contributed by atoms with Crippen molar-refractivity contribution < 1.29 is 15.0 Å². The lowest BCUT2D eigenvalue weighted by Gasteiger charge is -2.26. The number of aromatic carboxylic acids is 1. The maximum atomic E-state index is 11.1. The summed E-state index contributed by atoms with van der Waals surface area (Å²) in [4.78, 5) is 15.6. The molecule has 3 aromatic rings. The van der Waals surface area contributed by atoms with Crippen LogP contribution in [0.1, 0.15) is 36.0 Å². The van der Waals surface area contributed by atoms with Gasteiger partial charge in [-0.15, -0.1) is 5.10 Å². The van der Waals surface area contributed by atoms with Gasteiger partial charge in [0, 0.05) is 11.7 Å². The van der Waals surface area contributed by atoms with E-state index in [2.05, 4.69) is 20.7 Å². The highest BCUT2D eigenvalue weighted by Crippen LogP contribution is 2.23. The van der Waals surface area contributed by atoms with Crippen molar-refractivity contribution in [1.29, 1.82) is 0 Å². The zero-order valence-electron chi connectivity index (χ0n) is 14.7. The number of fused-ring (bicyclic) bond motifs is 1. The summed E-state index contributed by atoms with van der Waals surface area (Å²) >= 11 is 0. The molecule has 2 heterocycles. The van der Waals surface area contributed by atoms with Crippen molar-refractivity contribution >= 4 is 29.1 Å². The number of aliphatic hydroxyl groups excluding tert-OH is 1. The van der Waals surface area contributed by atoms with Crippen LogP contribution in [0.2, 0.25) is 0 Å². The first-order chi connectivity index (χ1) is 13.1. The van der Waals surface area contributed by atoms with Crippen LogP contribution in [0.3, 0.4) is 0 Å². The Morgan fingerprint density at radius 1 is 1.11 bits per heavy atom. The molecule has 0 unspecified atom stereocenters. The van der Waals surface area contributed by atoms with Crippen LogP contribution in [0.5, 0.6) is 0 Å². The lowest BCUT2D eigenvalue weighted by atomic mass is 9.93. The van der Waals surface area contributed by atoms with Gasteiger partial charge in [0.25, 0.3) is 0 Å². The van der Waals surface area contributed by atoms with Crippen molar-refractivity contribution in [1.82, 2.24) is 14.6 Å². The highest BCUT2D eigenvalue weighted by Gasteiger charge is 2.20. The molecule has 1 fully saturated rings. The molecule has 27 heavy (non-hydrogen) atoms. The molecule has 0 atom stereocenters. The van der Waals surface area contributed by atoms with E-state index >= 15 is 0 Å². The fraction of sp³-hybridized carbons (Fsp3) is 0.316. The molecule has 0 bridgehead atoms. The molecule has 140 valence electrons. The molecule has 0 saturated heterocycles. The van der Waals surface area contributed by atoms with Gasteiger partial charge in [-0.05, 0) is 56.0 Å². The molecule has 1 aliphatic carbocycles. The summed E-state index contributed by atoms with van der Waals surface area (Å²) < 4.78 is 1.73. The Hall–Kier alpha value is -3.13. The zero-order chi connectivity index (χ0) is 18.8. The average molecular weight is 367 g/mol. The summed E-state index contributed by atoms with van der Waals surface area (Å²) in [5, 5.41) is 29.8. The van der Waals surface area contributed by atoms with E-state index in [1.807, 2.05) is 18.2 Å². The van der Waals surface area contributed by atoms with E-state index in [1.165, 1.54) is 6.07 Å². The number of pyridine rings is 1. The minimum Gasteiger partial charge on any atom is -0.478 e. The van der Waals surface area contributed by atoms with Gasteiger partial charge in [-0.3, -0.25) is 0 Å². The van der Waals surface area contributed by atoms with Gasteiger partial charge in [0.15, 0.2) is 5.65 Å². The van der Waals surface area contributed by atoms with Gasteiger partial charge < -0.3 is 20.8 Å². The standard InChI is InChI=1S/C19H21N5O3/c25-15-9-7-13(8-10-15)20-16-5-2-6-17-22-19(23-24(16)17)21-14-4-1-3-12(11-14)18(26)27/h1-6,11,13,15,20,25H,7-10H2,(H,21,23)(H,26,27). The quantitative estimate of drug-likeness (QED) is 0.548. The maximum absolute atomic E-state index is 11.1. The zero-order valence-corrected chi connectivity index (χ0v) is 14.7. The molecule has 0 spiro atoms. The highest BCUT2D eigenvalue weighted by molar-refractivity contribution is 5.89. The molecule has 8 nitrogen and oxygen atoms in total. The molecule has 8 heteroatoms.